The molecule has 1 heterocycles. The zero-order valence-electron chi connectivity index (χ0n) is 7.81. The molecule has 0 spiro atoms. The lowest BCUT2D eigenvalue weighted by Gasteiger charge is -2.26. The van der Waals surface area contributed by atoms with E-state index in [2.05, 4.69) is 11.3 Å². The molecular formula is C9H9ClF3N2. The van der Waals surface area contributed by atoms with Crippen molar-refractivity contribution in [3.8, 4) is 0 Å². The van der Waals surface area contributed by atoms with Crippen LogP contribution in [0, 0.1) is 6.20 Å². The average Bonchev–Trinajstić information content (AvgIpc) is 2.29. The standard InChI is InChI=1S/C9H9ClF3N2/c10-7-4-14-15(5-9(11,12)13)8(7)6-2-1-3-6/h6H,1-3,5H2. The van der Waals surface area contributed by atoms with E-state index in [4.69, 9.17) is 11.6 Å². The lowest BCUT2D eigenvalue weighted by atomic mass is 9.83. The van der Waals surface area contributed by atoms with Crippen molar-refractivity contribution in [2.24, 2.45) is 0 Å². The largest absolute Gasteiger partial charge is 0.408 e. The molecule has 1 fully saturated rings. The Hall–Kier alpha value is -0.710. The zero-order valence-corrected chi connectivity index (χ0v) is 8.57. The van der Waals surface area contributed by atoms with Crippen LogP contribution in [0.3, 0.4) is 0 Å². The molecule has 6 heteroatoms. The van der Waals surface area contributed by atoms with Gasteiger partial charge in [-0.25, -0.2) is 0 Å². The smallest absolute Gasteiger partial charge is 0.258 e. The Balaban J connectivity index is 2.23. The molecule has 0 aliphatic heterocycles. The Kier molecular flexibility index (Phi) is 2.66. The topological polar surface area (TPSA) is 17.8 Å². The summed E-state index contributed by atoms with van der Waals surface area (Å²) < 4.78 is 37.5. The molecule has 2 nitrogen and oxygen atoms in total. The minimum Gasteiger partial charge on any atom is -0.258 e. The van der Waals surface area contributed by atoms with Crippen molar-refractivity contribution >= 4 is 11.6 Å². The van der Waals surface area contributed by atoms with Crippen molar-refractivity contribution in [1.82, 2.24) is 9.78 Å². The Morgan fingerprint density at radius 2 is 2.13 bits per heavy atom. The second-order valence-corrected chi connectivity index (χ2v) is 4.09. The highest BCUT2D eigenvalue weighted by Gasteiger charge is 2.33. The highest BCUT2D eigenvalue weighted by Crippen LogP contribution is 2.39. The van der Waals surface area contributed by atoms with E-state index in [1.165, 1.54) is 0 Å². The van der Waals surface area contributed by atoms with Gasteiger partial charge in [-0.05, 0) is 12.8 Å². The summed E-state index contributed by atoms with van der Waals surface area (Å²) in [5, 5.41) is 3.77. The molecule has 1 aromatic rings. The predicted molar refractivity (Wildman–Crippen MR) is 48.7 cm³/mol. The summed E-state index contributed by atoms with van der Waals surface area (Å²) in [6.07, 6.45) is 0.937. The molecule has 1 aromatic heterocycles. The molecule has 0 atom stereocenters. The first-order valence-corrected chi connectivity index (χ1v) is 5.06. The number of rotatable bonds is 2. The molecule has 1 aliphatic rings. The van der Waals surface area contributed by atoms with Gasteiger partial charge in [0.15, 0.2) is 0 Å². The van der Waals surface area contributed by atoms with Gasteiger partial charge in [0.1, 0.15) is 12.7 Å². The van der Waals surface area contributed by atoms with Crippen LogP contribution in [0.2, 0.25) is 5.02 Å². The number of hydrogen-bond donors (Lipinski definition) is 0. The minimum absolute atomic E-state index is 0.124. The zero-order chi connectivity index (χ0) is 11.1. The van der Waals surface area contributed by atoms with Crippen LogP contribution >= 0.6 is 11.6 Å². The summed E-state index contributed by atoms with van der Waals surface area (Å²) in [7, 11) is 0. The van der Waals surface area contributed by atoms with Crippen LogP contribution in [-0.2, 0) is 6.54 Å². The van der Waals surface area contributed by atoms with Gasteiger partial charge in [-0.1, -0.05) is 18.0 Å². The fraction of sp³-hybridized carbons (Fsp3) is 0.667. The molecule has 83 valence electrons. The molecular weight excluding hydrogens is 229 g/mol. The second-order valence-electron chi connectivity index (χ2n) is 3.71. The highest BCUT2D eigenvalue weighted by molar-refractivity contribution is 6.31. The summed E-state index contributed by atoms with van der Waals surface area (Å²) >= 11 is 5.78. The van der Waals surface area contributed by atoms with Crippen molar-refractivity contribution in [3.63, 3.8) is 0 Å². The fourth-order valence-electron chi connectivity index (χ4n) is 1.69. The van der Waals surface area contributed by atoms with E-state index in [9.17, 15) is 13.2 Å². The van der Waals surface area contributed by atoms with Crippen molar-refractivity contribution in [2.75, 3.05) is 0 Å². The van der Waals surface area contributed by atoms with E-state index in [0.29, 0.717) is 5.69 Å². The van der Waals surface area contributed by atoms with Crippen molar-refractivity contribution < 1.29 is 13.2 Å². The molecule has 0 bridgehead atoms. The maximum Gasteiger partial charge on any atom is 0.408 e. The van der Waals surface area contributed by atoms with Crippen molar-refractivity contribution in [2.45, 2.75) is 37.9 Å². The monoisotopic (exact) mass is 237 g/mol. The fourth-order valence-corrected chi connectivity index (χ4v) is 1.98. The summed E-state index contributed by atoms with van der Waals surface area (Å²) in [5.41, 5.74) is 0.486. The molecule has 0 unspecified atom stereocenters. The van der Waals surface area contributed by atoms with Crippen LogP contribution in [0.1, 0.15) is 30.9 Å². The van der Waals surface area contributed by atoms with Gasteiger partial charge in [0.05, 0.1) is 10.7 Å². The predicted octanol–water partition coefficient (Wildman–Crippen LogP) is 3.17. The minimum atomic E-state index is -4.26. The van der Waals surface area contributed by atoms with Gasteiger partial charge in [0.25, 0.3) is 0 Å². The van der Waals surface area contributed by atoms with Gasteiger partial charge >= 0.3 is 6.18 Å². The van der Waals surface area contributed by atoms with Gasteiger partial charge in [-0.3, -0.25) is 4.68 Å². The Morgan fingerprint density at radius 3 is 2.60 bits per heavy atom. The van der Waals surface area contributed by atoms with Crippen LogP contribution in [0.15, 0.2) is 0 Å². The third-order valence-electron chi connectivity index (χ3n) is 2.59. The number of hydrogen-bond acceptors (Lipinski definition) is 1. The molecule has 0 N–H and O–H groups in total. The summed E-state index contributed by atoms with van der Waals surface area (Å²) in [5.74, 6) is 0.124. The van der Waals surface area contributed by atoms with Gasteiger partial charge in [0.2, 0.25) is 0 Å². The quantitative estimate of drug-likeness (QED) is 0.773. The van der Waals surface area contributed by atoms with Gasteiger partial charge in [-0.2, -0.15) is 18.3 Å². The van der Waals surface area contributed by atoms with Crippen LogP contribution in [0.25, 0.3) is 0 Å². The average molecular weight is 238 g/mol. The van der Waals surface area contributed by atoms with E-state index in [0.717, 1.165) is 23.9 Å². The van der Waals surface area contributed by atoms with Gasteiger partial charge in [0, 0.05) is 5.92 Å². The Bertz CT molecular complexity index is 355. The first-order valence-electron chi connectivity index (χ1n) is 4.68. The van der Waals surface area contributed by atoms with Crippen molar-refractivity contribution in [3.05, 3.63) is 16.9 Å². The number of halogens is 4. The maximum absolute atomic E-state index is 12.2. The SMILES string of the molecule is FC(F)(F)Cn1n[c]c(Cl)c1C1CCC1. The number of aromatic nitrogens is 2. The normalized spacial score (nSPS) is 17.9. The molecule has 0 aromatic carbocycles. The summed E-state index contributed by atoms with van der Waals surface area (Å²) in [6, 6.07) is 0. The molecule has 0 saturated heterocycles. The maximum atomic E-state index is 12.2. The summed E-state index contributed by atoms with van der Waals surface area (Å²) in [6.45, 7) is -1.08. The van der Waals surface area contributed by atoms with Crippen LogP contribution in [0.5, 0.6) is 0 Å². The van der Waals surface area contributed by atoms with Crippen LogP contribution in [0.4, 0.5) is 13.2 Å². The van der Waals surface area contributed by atoms with E-state index in [1.807, 2.05) is 0 Å². The lowest BCUT2D eigenvalue weighted by molar-refractivity contribution is -0.143. The van der Waals surface area contributed by atoms with Gasteiger partial charge in [-0.15, -0.1) is 0 Å². The number of alkyl halides is 3. The Labute approximate surface area is 90.0 Å². The number of nitrogens with zero attached hydrogens (tertiary/aromatic N) is 2. The van der Waals surface area contributed by atoms with E-state index >= 15 is 0 Å². The van der Waals surface area contributed by atoms with Crippen LogP contribution < -0.4 is 0 Å². The van der Waals surface area contributed by atoms with Crippen molar-refractivity contribution in [1.29, 1.82) is 0 Å². The van der Waals surface area contributed by atoms with Crippen LogP contribution in [-0.4, -0.2) is 16.0 Å². The molecule has 1 aliphatic carbocycles. The Morgan fingerprint density at radius 1 is 1.47 bits per heavy atom. The third kappa shape index (κ3) is 2.27. The molecule has 2 rings (SSSR count). The second kappa shape index (κ2) is 3.70. The highest BCUT2D eigenvalue weighted by atomic mass is 35.5. The molecule has 15 heavy (non-hydrogen) atoms. The van der Waals surface area contributed by atoms with E-state index < -0.39 is 12.7 Å². The lowest BCUT2D eigenvalue weighted by Crippen LogP contribution is -2.23. The third-order valence-corrected chi connectivity index (χ3v) is 2.87. The van der Waals surface area contributed by atoms with E-state index in [1.54, 1.807) is 0 Å². The molecule has 1 radical (unpaired) electrons. The molecule has 0 amide bonds. The first-order chi connectivity index (χ1) is 6.97. The first kappa shape index (κ1) is 10.8. The molecule has 1 saturated carbocycles. The van der Waals surface area contributed by atoms with E-state index in [-0.39, 0.29) is 10.9 Å². The van der Waals surface area contributed by atoms with Gasteiger partial charge < -0.3 is 0 Å². The summed E-state index contributed by atoms with van der Waals surface area (Å²) in [4.78, 5) is 0.